The zero-order valence-electron chi connectivity index (χ0n) is 17.6. The normalized spacial score (nSPS) is 12.8. The Kier molecular flexibility index (Phi) is 8.42. The standard InChI is InChI=1S/C22H30O7/c1-14(29-17-9-8-15(7-6-10-23)11-18(17)25-2)21(24)16-12-19(26-3)22(28-5)20(13-16)27-4/h8-9,11-14,21,23-24H,6-7,10H2,1-5H3/t14-,21+/m1/s1. The Labute approximate surface area is 171 Å². The Morgan fingerprint density at radius 2 is 1.45 bits per heavy atom. The summed E-state index contributed by atoms with van der Waals surface area (Å²) in [4.78, 5) is 0. The molecule has 2 rings (SSSR count). The van der Waals surface area contributed by atoms with Gasteiger partial charge in [0.05, 0.1) is 28.4 Å². The first-order valence-corrected chi connectivity index (χ1v) is 9.41. The molecular weight excluding hydrogens is 376 g/mol. The monoisotopic (exact) mass is 406 g/mol. The Morgan fingerprint density at radius 1 is 0.828 bits per heavy atom. The van der Waals surface area contributed by atoms with E-state index < -0.39 is 12.2 Å². The highest BCUT2D eigenvalue weighted by atomic mass is 16.5. The third kappa shape index (κ3) is 5.46. The summed E-state index contributed by atoms with van der Waals surface area (Å²) >= 11 is 0. The van der Waals surface area contributed by atoms with E-state index in [0.717, 1.165) is 12.0 Å². The molecule has 0 aromatic heterocycles. The van der Waals surface area contributed by atoms with Crippen molar-refractivity contribution in [1.82, 2.24) is 0 Å². The molecule has 0 spiro atoms. The molecule has 7 nitrogen and oxygen atoms in total. The predicted molar refractivity (Wildman–Crippen MR) is 110 cm³/mol. The number of aliphatic hydroxyl groups is 2. The molecule has 29 heavy (non-hydrogen) atoms. The van der Waals surface area contributed by atoms with Crippen LogP contribution in [0, 0.1) is 0 Å². The molecule has 0 saturated heterocycles. The first kappa shape index (κ1) is 22.6. The number of methoxy groups -OCH3 is 4. The van der Waals surface area contributed by atoms with Crippen molar-refractivity contribution in [3.63, 3.8) is 0 Å². The fourth-order valence-corrected chi connectivity index (χ4v) is 3.06. The van der Waals surface area contributed by atoms with Gasteiger partial charge in [-0.1, -0.05) is 6.07 Å². The van der Waals surface area contributed by atoms with Crippen LogP contribution >= 0.6 is 0 Å². The van der Waals surface area contributed by atoms with E-state index in [9.17, 15) is 5.11 Å². The van der Waals surface area contributed by atoms with Crippen molar-refractivity contribution in [1.29, 1.82) is 0 Å². The molecule has 2 N–H and O–H groups in total. The minimum absolute atomic E-state index is 0.137. The minimum atomic E-state index is -0.942. The number of aryl methyl sites for hydroxylation is 1. The van der Waals surface area contributed by atoms with Gasteiger partial charge in [-0.2, -0.15) is 0 Å². The molecule has 0 unspecified atom stereocenters. The highest BCUT2D eigenvalue weighted by molar-refractivity contribution is 5.54. The highest BCUT2D eigenvalue weighted by Gasteiger charge is 2.23. The lowest BCUT2D eigenvalue weighted by Gasteiger charge is -2.23. The molecule has 0 amide bonds. The van der Waals surface area contributed by atoms with Gasteiger partial charge in [-0.15, -0.1) is 0 Å². The third-order valence-electron chi connectivity index (χ3n) is 4.64. The summed E-state index contributed by atoms with van der Waals surface area (Å²) in [6.45, 7) is 1.91. The van der Waals surface area contributed by atoms with Gasteiger partial charge in [0, 0.05) is 6.61 Å². The molecular formula is C22H30O7. The van der Waals surface area contributed by atoms with E-state index in [1.165, 1.54) is 21.3 Å². The highest BCUT2D eigenvalue weighted by Crippen LogP contribution is 2.40. The van der Waals surface area contributed by atoms with Gasteiger partial charge in [0.2, 0.25) is 5.75 Å². The number of ether oxygens (including phenoxy) is 5. The van der Waals surface area contributed by atoms with Gasteiger partial charge in [-0.3, -0.25) is 0 Å². The van der Waals surface area contributed by atoms with Crippen LogP contribution in [-0.4, -0.2) is 51.4 Å². The smallest absolute Gasteiger partial charge is 0.203 e. The molecule has 160 valence electrons. The molecule has 0 aliphatic carbocycles. The van der Waals surface area contributed by atoms with Crippen molar-refractivity contribution in [3.8, 4) is 28.7 Å². The number of hydrogen-bond donors (Lipinski definition) is 2. The van der Waals surface area contributed by atoms with E-state index in [1.807, 2.05) is 18.2 Å². The van der Waals surface area contributed by atoms with Crippen LogP contribution in [0.2, 0.25) is 0 Å². The lowest BCUT2D eigenvalue weighted by atomic mass is 10.0. The maximum Gasteiger partial charge on any atom is 0.203 e. The largest absolute Gasteiger partial charge is 0.493 e. The van der Waals surface area contributed by atoms with Crippen LogP contribution in [0.4, 0.5) is 0 Å². The maximum absolute atomic E-state index is 10.8. The summed E-state index contributed by atoms with van der Waals surface area (Å²) in [7, 11) is 6.14. The van der Waals surface area contributed by atoms with Crippen LogP contribution in [0.15, 0.2) is 30.3 Å². The van der Waals surface area contributed by atoms with Gasteiger partial charge in [0.1, 0.15) is 12.2 Å². The molecule has 2 atom stereocenters. The summed E-state index contributed by atoms with van der Waals surface area (Å²) < 4.78 is 27.4. The van der Waals surface area contributed by atoms with Crippen LogP contribution in [0.3, 0.4) is 0 Å². The van der Waals surface area contributed by atoms with Gasteiger partial charge in [-0.05, 0) is 55.2 Å². The van der Waals surface area contributed by atoms with Crippen LogP contribution in [0.5, 0.6) is 28.7 Å². The van der Waals surface area contributed by atoms with Crippen molar-refractivity contribution in [3.05, 3.63) is 41.5 Å². The Morgan fingerprint density at radius 3 is 1.97 bits per heavy atom. The lowest BCUT2D eigenvalue weighted by molar-refractivity contribution is 0.0448. The number of rotatable bonds is 11. The third-order valence-corrected chi connectivity index (χ3v) is 4.64. The summed E-state index contributed by atoms with van der Waals surface area (Å²) in [5.41, 5.74) is 1.62. The van der Waals surface area contributed by atoms with Gasteiger partial charge in [-0.25, -0.2) is 0 Å². The molecule has 0 heterocycles. The van der Waals surface area contributed by atoms with E-state index in [0.29, 0.717) is 40.7 Å². The minimum Gasteiger partial charge on any atom is -0.493 e. The second-order valence-electron chi connectivity index (χ2n) is 6.54. The topological polar surface area (TPSA) is 86.6 Å². The molecule has 0 fully saturated rings. The zero-order valence-corrected chi connectivity index (χ0v) is 17.6. The van der Waals surface area contributed by atoms with E-state index in [-0.39, 0.29) is 6.61 Å². The average Bonchev–Trinajstić information content (AvgIpc) is 2.76. The Hall–Kier alpha value is -2.64. The zero-order chi connectivity index (χ0) is 21.4. The first-order valence-electron chi connectivity index (χ1n) is 9.41. The average molecular weight is 406 g/mol. The van der Waals surface area contributed by atoms with Crippen LogP contribution in [-0.2, 0) is 6.42 Å². The van der Waals surface area contributed by atoms with Crippen LogP contribution in [0.1, 0.15) is 30.6 Å². The maximum atomic E-state index is 10.8. The summed E-state index contributed by atoms with van der Waals surface area (Å²) in [6.07, 6.45) is -0.0893. The van der Waals surface area contributed by atoms with Crippen LogP contribution < -0.4 is 23.7 Å². The number of aliphatic hydroxyl groups excluding tert-OH is 2. The Bertz CT molecular complexity index is 766. The second kappa shape index (κ2) is 10.8. The van der Waals surface area contributed by atoms with E-state index in [1.54, 1.807) is 26.2 Å². The number of benzene rings is 2. The van der Waals surface area contributed by atoms with Crippen molar-refractivity contribution in [2.45, 2.75) is 32.0 Å². The molecule has 0 aliphatic rings. The van der Waals surface area contributed by atoms with E-state index >= 15 is 0 Å². The van der Waals surface area contributed by atoms with E-state index in [2.05, 4.69) is 0 Å². The first-order chi connectivity index (χ1) is 14.0. The Balaban J connectivity index is 2.23. The fourth-order valence-electron chi connectivity index (χ4n) is 3.06. The summed E-state index contributed by atoms with van der Waals surface area (Å²) in [5, 5.41) is 19.8. The van der Waals surface area contributed by atoms with Crippen molar-refractivity contribution in [2.75, 3.05) is 35.0 Å². The SMILES string of the molecule is COc1cc(CCCO)ccc1O[C@H](C)[C@H](O)c1cc(OC)c(OC)c(OC)c1. The summed E-state index contributed by atoms with van der Waals surface area (Å²) in [5.74, 6) is 2.47. The molecule has 2 aromatic carbocycles. The second-order valence-corrected chi connectivity index (χ2v) is 6.54. The fraction of sp³-hybridized carbons (Fsp3) is 0.455. The number of hydrogen-bond acceptors (Lipinski definition) is 7. The van der Waals surface area contributed by atoms with Crippen LogP contribution in [0.25, 0.3) is 0 Å². The molecule has 0 bridgehead atoms. The molecule has 2 aromatic rings. The molecule has 0 aliphatic heterocycles. The molecule has 0 saturated carbocycles. The van der Waals surface area contributed by atoms with Crippen molar-refractivity contribution in [2.24, 2.45) is 0 Å². The van der Waals surface area contributed by atoms with Gasteiger partial charge >= 0.3 is 0 Å². The van der Waals surface area contributed by atoms with Gasteiger partial charge < -0.3 is 33.9 Å². The van der Waals surface area contributed by atoms with Gasteiger partial charge in [0.25, 0.3) is 0 Å². The van der Waals surface area contributed by atoms with Crippen molar-refractivity contribution >= 4 is 0 Å². The summed E-state index contributed by atoms with van der Waals surface area (Å²) in [6, 6.07) is 9.00. The van der Waals surface area contributed by atoms with Crippen molar-refractivity contribution < 1.29 is 33.9 Å². The quantitative estimate of drug-likeness (QED) is 0.593. The lowest BCUT2D eigenvalue weighted by Crippen LogP contribution is -2.22. The molecule has 7 heteroatoms. The predicted octanol–water partition coefficient (Wildman–Crippen LogP) is 3.15. The van der Waals surface area contributed by atoms with Gasteiger partial charge in [0.15, 0.2) is 23.0 Å². The molecule has 0 radical (unpaired) electrons. The van der Waals surface area contributed by atoms with E-state index in [4.69, 9.17) is 28.8 Å².